The van der Waals surface area contributed by atoms with Crippen molar-refractivity contribution in [2.24, 2.45) is 0 Å². The van der Waals surface area contributed by atoms with Crippen molar-refractivity contribution in [1.29, 1.82) is 0 Å². The highest BCUT2D eigenvalue weighted by Crippen LogP contribution is 2.08. The van der Waals surface area contributed by atoms with Crippen molar-refractivity contribution in [2.75, 3.05) is 38.5 Å². The summed E-state index contributed by atoms with van der Waals surface area (Å²) in [7, 11) is 0. The summed E-state index contributed by atoms with van der Waals surface area (Å²) in [5.74, 6) is -0.124. The molecule has 0 saturated carbocycles. The van der Waals surface area contributed by atoms with Gasteiger partial charge in [0.25, 0.3) is 5.91 Å². The first-order valence-electron chi connectivity index (χ1n) is 6.65. The number of carbonyl (C=O) groups is 2. The number of urea groups is 1. The molecule has 1 saturated heterocycles. The van der Waals surface area contributed by atoms with Gasteiger partial charge in [0.15, 0.2) is 0 Å². The minimum Gasteiger partial charge on any atom is -0.397 e. The van der Waals surface area contributed by atoms with E-state index in [1.165, 1.54) is 6.20 Å². The molecule has 2 heterocycles. The zero-order valence-corrected chi connectivity index (χ0v) is 11.5. The van der Waals surface area contributed by atoms with Crippen LogP contribution in [0.15, 0.2) is 18.3 Å². The molecular formula is C13H19N5O2. The normalized spacial score (nSPS) is 15.1. The van der Waals surface area contributed by atoms with E-state index in [4.69, 9.17) is 5.73 Å². The van der Waals surface area contributed by atoms with Gasteiger partial charge >= 0.3 is 6.03 Å². The van der Waals surface area contributed by atoms with Crippen molar-refractivity contribution >= 4 is 17.6 Å². The van der Waals surface area contributed by atoms with Crippen LogP contribution in [0.2, 0.25) is 0 Å². The van der Waals surface area contributed by atoms with Crippen molar-refractivity contribution < 1.29 is 9.59 Å². The van der Waals surface area contributed by atoms with Gasteiger partial charge < -0.3 is 20.9 Å². The Morgan fingerprint density at radius 1 is 1.25 bits per heavy atom. The number of hydrogen-bond donors (Lipinski definition) is 2. The second kappa shape index (κ2) is 6.23. The molecule has 2 rings (SSSR count). The number of pyridine rings is 1. The summed E-state index contributed by atoms with van der Waals surface area (Å²) in [4.78, 5) is 31.3. The number of rotatable bonds is 2. The number of nitrogens with two attached hydrogens (primary N) is 1. The van der Waals surface area contributed by atoms with E-state index in [2.05, 4.69) is 10.3 Å². The largest absolute Gasteiger partial charge is 0.397 e. The van der Waals surface area contributed by atoms with E-state index in [-0.39, 0.29) is 11.9 Å². The molecule has 1 aromatic heterocycles. The molecule has 7 nitrogen and oxygen atoms in total. The van der Waals surface area contributed by atoms with Gasteiger partial charge in [0, 0.05) is 32.7 Å². The average Bonchev–Trinajstić information content (AvgIpc) is 2.48. The van der Waals surface area contributed by atoms with E-state index >= 15 is 0 Å². The molecule has 20 heavy (non-hydrogen) atoms. The van der Waals surface area contributed by atoms with Crippen LogP contribution in [0.25, 0.3) is 0 Å². The minimum atomic E-state index is -0.124. The molecule has 1 aromatic rings. The number of nitrogens with one attached hydrogen (secondary N) is 1. The molecule has 3 amide bonds. The molecule has 0 aromatic carbocycles. The van der Waals surface area contributed by atoms with Crippen LogP contribution < -0.4 is 11.1 Å². The van der Waals surface area contributed by atoms with Gasteiger partial charge in [-0.1, -0.05) is 0 Å². The molecule has 3 N–H and O–H groups in total. The standard InChI is InChI=1S/C13H19N5O2/c1-2-15-13(20)18-7-5-17(6-8-18)12(19)11-4-3-10(14)9-16-11/h3-4,9H,2,5-8,14H2,1H3,(H,15,20). The van der Waals surface area contributed by atoms with Gasteiger partial charge in [-0.25, -0.2) is 9.78 Å². The molecule has 0 spiro atoms. The van der Waals surface area contributed by atoms with Crippen molar-refractivity contribution in [3.63, 3.8) is 0 Å². The zero-order chi connectivity index (χ0) is 14.5. The quantitative estimate of drug-likeness (QED) is 0.805. The third kappa shape index (κ3) is 3.17. The van der Waals surface area contributed by atoms with E-state index in [1.807, 2.05) is 6.92 Å². The Bertz CT molecular complexity index is 480. The second-order valence-corrected chi connectivity index (χ2v) is 4.59. The lowest BCUT2D eigenvalue weighted by atomic mass is 10.2. The molecule has 0 atom stereocenters. The predicted octanol–water partition coefficient (Wildman–Crippen LogP) is 0.151. The second-order valence-electron chi connectivity index (χ2n) is 4.59. The Labute approximate surface area is 117 Å². The van der Waals surface area contributed by atoms with E-state index in [9.17, 15) is 9.59 Å². The Morgan fingerprint density at radius 3 is 2.45 bits per heavy atom. The Hall–Kier alpha value is -2.31. The van der Waals surface area contributed by atoms with Gasteiger partial charge in [0.05, 0.1) is 11.9 Å². The number of piperazine rings is 1. The molecule has 1 aliphatic rings. The lowest BCUT2D eigenvalue weighted by molar-refractivity contribution is 0.0659. The molecule has 0 unspecified atom stereocenters. The van der Waals surface area contributed by atoms with Gasteiger partial charge in [0.1, 0.15) is 5.69 Å². The highest BCUT2D eigenvalue weighted by atomic mass is 16.2. The number of aromatic nitrogens is 1. The third-order valence-corrected chi connectivity index (χ3v) is 3.19. The fourth-order valence-corrected chi connectivity index (χ4v) is 2.07. The maximum atomic E-state index is 12.2. The van der Waals surface area contributed by atoms with Crippen LogP contribution in [0, 0.1) is 0 Å². The first-order valence-corrected chi connectivity index (χ1v) is 6.65. The van der Waals surface area contributed by atoms with Crippen LogP contribution in [0.5, 0.6) is 0 Å². The van der Waals surface area contributed by atoms with Crippen LogP contribution in [-0.4, -0.2) is 59.4 Å². The lowest BCUT2D eigenvalue weighted by Gasteiger charge is -2.34. The zero-order valence-electron chi connectivity index (χ0n) is 11.5. The molecule has 0 bridgehead atoms. The summed E-state index contributed by atoms with van der Waals surface area (Å²) in [5, 5.41) is 2.75. The maximum Gasteiger partial charge on any atom is 0.317 e. The average molecular weight is 277 g/mol. The van der Waals surface area contributed by atoms with E-state index in [0.29, 0.717) is 44.1 Å². The maximum absolute atomic E-state index is 12.2. The van der Waals surface area contributed by atoms with Crippen LogP contribution >= 0.6 is 0 Å². The van der Waals surface area contributed by atoms with Gasteiger partial charge in [-0.15, -0.1) is 0 Å². The Morgan fingerprint density at radius 2 is 1.90 bits per heavy atom. The van der Waals surface area contributed by atoms with Crippen LogP contribution in [0.3, 0.4) is 0 Å². The van der Waals surface area contributed by atoms with Crippen molar-refractivity contribution in [3.05, 3.63) is 24.0 Å². The van der Waals surface area contributed by atoms with Crippen LogP contribution in [0.1, 0.15) is 17.4 Å². The fourth-order valence-electron chi connectivity index (χ4n) is 2.07. The van der Waals surface area contributed by atoms with Crippen molar-refractivity contribution in [2.45, 2.75) is 6.92 Å². The highest BCUT2D eigenvalue weighted by Gasteiger charge is 2.24. The summed E-state index contributed by atoms with van der Waals surface area (Å²) >= 11 is 0. The van der Waals surface area contributed by atoms with E-state index in [1.54, 1.807) is 21.9 Å². The van der Waals surface area contributed by atoms with Gasteiger partial charge in [-0.2, -0.15) is 0 Å². The minimum absolute atomic E-state index is 0.0785. The Kier molecular flexibility index (Phi) is 4.39. The van der Waals surface area contributed by atoms with Crippen LogP contribution in [-0.2, 0) is 0 Å². The Balaban J connectivity index is 1.92. The molecule has 7 heteroatoms. The fraction of sp³-hybridized carbons (Fsp3) is 0.462. The van der Waals surface area contributed by atoms with Crippen molar-refractivity contribution in [3.8, 4) is 0 Å². The lowest BCUT2D eigenvalue weighted by Crippen LogP contribution is -2.53. The highest BCUT2D eigenvalue weighted by molar-refractivity contribution is 5.92. The summed E-state index contributed by atoms with van der Waals surface area (Å²) in [6, 6.07) is 3.20. The van der Waals surface area contributed by atoms with E-state index in [0.717, 1.165) is 0 Å². The predicted molar refractivity (Wildman–Crippen MR) is 75.2 cm³/mol. The first-order chi connectivity index (χ1) is 9.61. The smallest absolute Gasteiger partial charge is 0.317 e. The molecule has 0 aliphatic carbocycles. The summed E-state index contributed by atoms with van der Waals surface area (Å²) in [6.45, 7) is 4.58. The molecule has 0 radical (unpaired) electrons. The SMILES string of the molecule is CCNC(=O)N1CCN(C(=O)c2ccc(N)cn2)CC1. The van der Waals surface area contributed by atoms with Crippen LogP contribution in [0.4, 0.5) is 10.5 Å². The molecule has 108 valence electrons. The number of nitrogen functional groups attached to an aromatic ring is 1. The number of amides is 3. The molecular weight excluding hydrogens is 258 g/mol. The third-order valence-electron chi connectivity index (χ3n) is 3.19. The monoisotopic (exact) mass is 277 g/mol. The van der Waals surface area contributed by atoms with Gasteiger partial charge in [-0.05, 0) is 19.1 Å². The molecule has 1 fully saturated rings. The van der Waals surface area contributed by atoms with Crippen molar-refractivity contribution in [1.82, 2.24) is 20.1 Å². The number of carbonyl (C=O) groups excluding carboxylic acids is 2. The summed E-state index contributed by atoms with van der Waals surface area (Å²) in [6.07, 6.45) is 1.47. The van der Waals surface area contributed by atoms with E-state index < -0.39 is 0 Å². The number of nitrogens with zero attached hydrogens (tertiary/aromatic N) is 3. The summed E-state index contributed by atoms with van der Waals surface area (Å²) < 4.78 is 0. The number of hydrogen-bond acceptors (Lipinski definition) is 4. The topological polar surface area (TPSA) is 91.6 Å². The molecule has 1 aliphatic heterocycles. The number of anilines is 1. The van der Waals surface area contributed by atoms with Gasteiger partial charge in [0.2, 0.25) is 0 Å². The first kappa shape index (κ1) is 14.1. The summed E-state index contributed by atoms with van der Waals surface area (Å²) in [5.41, 5.74) is 6.46. The van der Waals surface area contributed by atoms with Gasteiger partial charge in [-0.3, -0.25) is 4.79 Å².